The summed E-state index contributed by atoms with van der Waals surface area (Å²) < 4.78 is 16.2. The van der Waals surface area contributed by atoms with E-state index in [-0.39, 0.29) is 13.4 Å². The van der Waals surface area contributed by atoms with Crippen LogP contribution in [0.25, 0.3) is 0 Å². The quantitative estimate of drug-likeness (QED) is 0.619. The highest BCUT2D eigenvalue weighted by Gasteiger charge is 2.33. The minimum absolute atomic E-state index is 0.0694. The summed E-state index contributed by atoms with van der Waals surface area (Å²) in [7, 11) is 0. The number of rotatable bonds is 9. The number of amides is 1. The van der Waals surface area contributed by atoms with Crippen LogP contribution in [0.5, 0.6) is 0 Å². The average Bonchev–Trinajstić information content (AvgIpc) is 2.69. The number of alkyl carbamates (subject to hydrolysis) is 1. The Morgan fingerprint density at radius 3 is 2.14 bits per heavy atom. The minimum Gasteiger partial charge on any atom is -0.479 e. The third-order valence-electron chi connectivity index (χ3n) is 3.93. The molecule has 1 amide bonds. The van der Waals surface area contributed by atoms with Crippen molar-refractivity contribution in [3.63, 3.8) is 0 Å². The number of carbonyl (C=O) groups is 2. The smallest absolute Gasteiger partial charge is 0.408 e. The van der Waals surface area contributed by atoms with Crippen LogP contribution in [0.15, 0.2) is 60.7 Å². The highest BCUT2D eigenvalue weighted by atomic mass is 16.7. The summed E-state index contributed by atoms with van der Waals surface area (Å²) in [4.78, 5) is 24.2. The van der Waals surface area contributed by atoms with E-state index in [1.165, 1.54) is 0 Å². The van der Waals surface area contributed by atoms with Crippen molar-refractivity contribution in [2.45, 2.75) is 45.1 Å². The van der Waals surface area contributed by atoms with E-state index in [0.717, 1.165) is 5.56 Å². The van der Waals surface area contributed by atoms with E-state index in [2.05, 4.69) is 5.32 Å². The Hall–Kier alpha value is -2.90. The number of carboxylic acids is 1. The summed E-state index contributed by atoms with van der Waals surface area (Å²) in [5, 5.41) is 12.3. The van der Waals surface area contributed by atoms with Gasteiger partial charge in [-0.3, -0.25) is 0 Å². The van der Waals surface area contributed by atoms with E-state index >= 15 is 0 Å². The first kappa shape index (κ1) is 22.4. The topological polar surface area (TPSA) is 94.1 Å². The molecule has 0 aliphatic heterocycles. The van der Waals surface area contributed by atoms with Gasteiger partial charge in [0.2, 0.25) is 0 Å². The Morgan fingerprint density at radius 1 is 1.00 bits per heavy atom. The SMILES string of the molecule is CC(C)(C)OCO[C@@H](C(=O)O)[C@@H](NC(=O)OCc1ccccc1)c1ccccc1. The largest absolute Gasteiger partial charge is 0.479 e. The summed E-state index contributed by atoms with van der Waals surface area (Å²) in [6.45, 7) is 5.34. The minimum atomic E-state index is -1.36. The Balaban J connectivity index is 2.10. The highest BCUT2D eigenvalue weighted by molar-refractivity contribution is 5.76. The molecule has 0 aliphatic carbocycles. The molecule has 0 heterocycles. The molecule has 0 saturated carbocycles. The van der Waals surface area contributed by atoms with Crippen LogP contribution < -0.4 is 5.32 Å². The van der Waals surface area contributed by atoms with Crippen LogP contribution in [0.2, 0.25) is 0 Å². The Morgan fingerprint density at radius 2 is 1.59 bits per heavy atom. The lowest BCUT2D eigenvalue weighted by Crippen LogP contribution is -2.43. The van der Waals surface area contributed by atoms with Crippen molar-refractivity contribution in [2.24, 2.45) is 0 Å². The number of carbonyl (C=O) groups excluding carboxylic acids is 1. The molecule has 0 bridgehead atoms. The van der Waals surface area contributed by atoms with Gasteiger partial charge >= 0.3 is 12.1 Å². The molecule has 2 N–H and O–H groups in total. The van der Waals surface area contributed by atoms with Gasteiger partial charge in [-0.25, -0.2) is 9.59 Å². The fraction of sp³-hybridized carbons (Fsp3) is 0.364. The van der Waals surface area contributed by atoms with E-state index in [1.807, 2.05) is 51.1 Å². The van der Waals surface area contributed by atoms with E-state index in [0.29, 0.717) is 5.56 Å². The lowest BCUT2D eigenvalue weighted by molar-refractivity contribution is -0.177. The zero-order valence-corrected chi connectivity index (χ0v) is 16.8. The van der Waals surface area contributed by atoms with Crippen LogP contribution in [0.3, 0.4) is 0 Å². The van der Waals surface area contributed by atoms with Crippen molar-refractivity contribution in [1.29, 1.82) is 0 Å². The number of aliphatic carboxylic acids is 1. The van der Waals surface area contributed by atoms with Gasteiger partial charge in [0.1, 0.15) is 13.4 Å². The second-order valence-electron chi connectivity index (χ2n) is 7.39. The first-order valence-corrected chi connectivity index (χ1v) is 9.27. The van der Waals surface area contributed by atoms with Gasteiger partial charge in [0.05, 0.1) is 11.6 Å². The summed E-state index contributed by atoms with van der Waals surface area (Å²) in [5.41, 5.74) is 0.906. The maximum Gasteiger partial charge on any atom is 0.408 e. The standard InChI is InChI=1S/C22H27NO6/c1-22(2,3)29-15-28-19(20(24)25)18(17-12-8-5-9-13-17)23-21(26)27-14-16-10-6-4-7-11-16/h4-13,18-19H,14-15H2,1-3H3,(H,23,26)(H,24,25)/t18-,19+/m0/s1. The van der Waals surface area contributed by atoms with Crippen LogP contribution >= 0.6 is 0 Å². The molecular weight excluding hydrogens is 374 g/mol. The van der Waals surface area contributed by atoms with Crippen molar-refractivity contribution < 1.29 is 28.9 Å². The molecule has 0 spiro atoms. The molecule has 2 aromatic rings. The molecule has 0 radical (unpaired) electrons. The fourth-order valence-corrected chi connectivity index (χ4v) is 2.48. The number of hydrogen-bond donors (Lipinski definition) is 2. The average molecular weight is 401 g/mol. The number of nitrogens with one attached hydrogen (secondary N) is 1. The lowest BCUT2D eigenvalue weighted by atomic mass is 10.0. The molecular formula is C22H27NO6. The van der Waals surface area contributed by atoms with Gasteiger partial charge in [0.25, 0.3) is 0 Å². The molecule has 2 rings (SSSR count). The van der Waals surface area contributed by atoms with Gasteiger partial charge in [-0.05, 0) is 31.9 Å². The Labute approximate surface area is 170 Å². The zero-order chi connectivity index (χ0) is 21.3. The Bertz CT molecular complexity index is 773. The van der Waals surface area contributed by atoms with Gasteiger partial charge in [0, 0.05) is 0 Å². The van der Waals surface area contributed by atoms with Crippen LogP contribution in [0.1, 0.15) is 37.9 Å². The van der Waals surface area contributed by atoms with E-state index in [9.17, 15) is 14.7 Å². The van der Waals surface area contributed by atoms with E-state index in [4.69, 9.17) is 14.2 Å². The third-order valence-corrected chi connectivity index (χ3v) is 3.93. The van der Waals surface area contributed by atoms with Crippen molar-refractivity contribution >= 4 is 12.1 Å². The molecule has 0 aromatic heterocycles. The monoisotopic (exact) mass is 401 g/mol. The number of carboxylic acid groups (broad SMARTS) is 1. The summed E-state index contributed by atoms with van der Waals surface area (Å²) >= 11 is 0. The maximum absolute atomic E-state index is 12.3. The molecule has 0 unspecified atom stereocenters. The highest BCUT2D eigenvalue weighted by Crippen LogP contribution is 2.21. The zero-order valence-electron chi connectivity index (χ0n) is 16.8. The molecule has 156 valence electrons. The number of hydrogen-bond acceptors (Lipinski definition) is 5. The third kappa shape index (κ3) is 7.93. The van der Waals surface area contributed by atoms with Gasteiger partial charge in [0.15, 0.2) is 6.10 Å². The predicted molar refractivity (Wildman–Crippen MR) is 107 cm³/mol. The number of ether oxygens (including phenoxy) is 3. The normalized spacial score (nSPS) is 13.3. The summed E-state index contributed by atoms with van der Waals surface area (Å²) in [6, 6.07) is 17.0. The van der Waals surface area contributed by atoms with Crippen LogP contribution in [0.4, 0.5) is 4.79 Å². The molecule has 7 heteroatoms. The molecule has 29 heavy (non-hydrogen) atoms. The maximum atomic E-state index is 12.3. The second-order valence-corrected chi connectivity index (χ2v) is 7.39. The number of benzene rings is 2. The lowest BCUT2D eigenvalue weighted by Gasteiger charge is -2.27. The second kappa shape index (κ2) is 10.6. The van der Waals surface area contributed by atoms with Crippen molar-refractivity contribution in [1.82, 2.24) is 5.32 Å². The molecule has 7 nitrogen and oxygen atoms in total. The van der Waals surface area contributed by atoms with Gasteiger partial charge in [-0.2, -0.15) is 0 Å². The van der Waals surface area contributed by atoms with Crippen molar-refractivity contribution in [3.8, 4) is 0 Å². The Kier molecular flexibility index (Phi) is 8.18. The van der Waals surface area contributed by atoms with E-state index < -0.39 is 29.8 Å². The molecule has 0 fully saturated rings. The van der Waals surface area contributed by atoms with Gasteiger partial charge in [-0.15, -0.1) is 0 Å². The van der Waals surface area contributed by atoms with Crippen molar-refractivity contribution in [2.75, 3.05) is 6.79 Å². The molecule has 2 atom stereocenters. The first-order chi connectivity index (χ1) is 13.8. The molecule has 2 aromatic carbocycles. The van der Waals surface area contributed by atoms with Crippen LogP contribution in [-0.2, 0) is 25.6 Å². The van der Waals surface area contributed by atoms with Gasteiger partial charge < -0.3 is 24.6 Å². The van der Waals surface area contributed by atoms with Gasteiger partial charge in [-0.1, -0.05) is 60.7 Å². The summed E-state index contributed by atoms with van der Waals surface area (Å²) in [5.74, 6) is -1.22. The predicted octanol–water partition coefficient (Wildman–Crippen LogP) is 3.90. The van der Waals surface area contributed by atoms with Crippen molar-refractivity contribution in [3.05, 3.63) is 71.8 Å². The summed E-state index contributed by atoms with van der Waals surface area (Å²) in [6.07, 6.45) is -2.10. The molecule has 0 saturated heterocycles. The van der Waals surface area contributed by atoms with Crippen LogP contribution in [0, 0.1) is 0 Å². The van der Waals surface area contributed by atoms with E-state index in [1.54, 1.807) is 30.3 Å². The molecule has 0 aliphatic rings. The first-order valence-electron chi connectivity index (χ1n) is 9.27. The fourth-order valence-electron chi connectivity index (χ4n) is 2.48. The van der Waals surface area contributed by atoms with Crippen LogP contribution in [-0.4, -0.2) is 35.7 Å².